The molecule has 0 spiro atoms. The van der Waals surface area contributed by atoms with Crippen LogP contribution in [0, 0.1) is 0 Å². The topological polar surface area (TPSA) is 64.7 Å². The van der Waals surface area contributed by atoms with E-state index in [1.165, 1.54) is 6.92 Å². The first-order valence-electron chi connectivity index (χ1n) is 5.60. The third-order valence-corrected chi connectivity index (χ3v) is 3.06. The Labute approximate surface area is 100 Å². The maximum absolute atomic E-state index is 11.2. The summed E-state index contributed by atoms with van der Waals surface area (Å²) < 4.78 is 5.19. The molecule has 0 saturated carbocycles. The Hall–Kier alpha value is -1.68. The van der Waals surface area contributed by atoms with Crippen molar-refractivity contribution in [2.75, 3.05) is 7.11 Å². The Morgan fingerprint density at radius 1 is 1.59 bits per heavy atom. The van der Waals surface area contributed by atoms with Crippen molar-refractivity contribution in [3.05, 3.63) is 23.8 Å². The van der Waals surface area contributed by atoms with Gasteiger partial charge in [0.1, 0.15) is 11.5 Å². The average Bonchev–Trinajstić information content (AvgIpc) is 2.71. The molecule has 0 saturated heterocycles. The van der Waals surface area contributed by atoms with E-state index in [2.05, 4.69) is 4.99 Å². The van der Waals surface area contributed by atoms with Crippen LogP contribution in [0.15, 0.2) is 23.2 Å². The van der Waals surface area contributed by atoms with Crippen LogP contribution in [0.2, 0.25) is 0 Å². The molecule has 0 amide bonds. The number of fused-ring (bicyclic) bond motifs is 1. The second-order valence-corrected chi connectivity index (χ2v) is 4.26. The second kappa shape index (κ2) is 4.67. The van der Waals surface area contributed by atoms with Crippen molar-refractivity contribution in [1.82, 2.24) is 0 Å². The molecule has 1 aromatic rings. The molecule has 2 unspecified atom stereocenters. The molecule has 90 valence electrons. The van der Waals surface area contributed by atoms with E-state index in [4.69, 9.17) is 10.5 Å². The van der Waals surface area contributed by atoms with E-state index in [9.17, 15) is 4.79 Å². The molecule has 2 N–H and O–H groups in total. The number of methoxy groups -OCH3 is 1. The zero-order valence-corrected chi connectivity index (χ0v) is 10.0. The van der Waals surface area contributed by atoms with Gasteiger partial charge < -0.3 is 10.5 Å². The number of nitrogens with zero attached hydrogens (tertiary/aromatic N) is 1. The molecule has 0 bridgehead atoms. The molecule has 1 aliphatic rings. The van der Waals surface area contributed by atoms with Gasteiger partial charge in [0.15, 0.2) is 0 Å². The van der Waals surface area contributed by atoms with Crippen molar-refractivity contribution in [2.45, 2.75) is 25.3 Å². The summed E-state index contributed by atoms with van der Waals surface area (Å²) in [6.45, 7) is 1.52. The number of benzene rings is 1. The highest BCUT2D eigenvalue weighted by molar-refractivity contribution is 5.85. The van der Waals surface area contributed by atoms with E-state index >= 15 is 0 Å². The Morgan fingerprint density at radius 2 is 2.35 bits per heavy atom. The predicted octanol–water partition coefficient (Wildman–Crippen LogP) is 1.80. The van der Waals surface area contributed by atoms with Crippen LogP contribution in [0.1, 0.15) is 24.8 Å². The molecular weight excluding hydrogens is 216 g/mol. The van der Waals surface area contributed by atoms with Gasteiger partial charge in [-0.1, -0.05) is 0 Å². The lowest BCUT2D eigenvalue weighted by Gasteiger charge is -2.14. The second-order valence-electron chi connectivity index (χ2n) is 4.26. The first kappa shape index (κ1) is 11.8. The largest absolute Gasteiger partial charge is 0.497 e. The maximum atomic E-state index is 11.2. The summed E-state index contributed by atoms with van der Waals surface area (Å²) in [5.41, 5.74) is 7.80. The molecule has 0 aromatic heterocycles. The average molecular weight is 232 g/mol. The smallest absolute Gasteiger partial charge is 0.146 e. The van der Waals surface area contributed by atoms with Crippen LogP contribution < -0.4 is 10.5 Å². The molecule has 4 heteroatoms. The molecule has 1 heterocycles. The van der Waals surface area contributed by atoms with Crippen molar-refractivity contribution >= 4 is 17.7 Å². The number of aliphatic imine (C=N–C) groups is 1. The number of ketones is 1. The fourth-order valence-corrected chi connectivity index (χ4v) is 1.95. The Bertz CT molecular complexity index is 468. The molecule has 4 nitrogen and oxygen atoms in total. The van der Waals surface area contributed by atoms with Crippen molar-refractivity contribution in [3.63, 3.8) is 0 Å². The third-order valence-electron chi connectivity index (χ3n) is 3.06. The number of carbonyl (C=O) groups excluding carboxylic acids is 1. The van der Waals surface area contributed by atoms with Crippen LogP contribution in [0.4, 0.5) is 5.69 Å². The summed E-state index contributed by atoms with van der Waals surface area (Å²) in [6, 6.07) is 5.33. The first-order chi connectivity index (χ1) is 8.11. The fourth-order valence-electron chi connectivity index (χ4n) is 1.95. The Balaban J connectivity index is 2.20. The highest BCUT2D eigenvalue weighted by Crippen LogP contribution is 2.36. The van der Waals surface area contributed by atoms with Gasteiger partial charge in [-0.2, -0.15) is 0 Å². The molecule has 1 aliphatic heterocycles. The van der Waals surface area contributed by atoms with Gasteiger partial charge >= 0.3 is 0 Å². The van der Waals surface area contributed by atoms with Gasteiger partial charge in [-0.3, -0.25) is 9.79 Å². The number of Topliss-reactive ketones (excluding diaryl/α,β-unsaturated/α-hetero) is 1. The Morgan fingerprint density at radius 3 is 3.00 bits per heavy atom. The summed E-state index contributed by atoms with van der Waals surface area (Å²) in [5.74, 6) is 0.921. The third kappa shape index (κ3) is 2.36. The lowest BCUT2D eigenvalue weighted by atomic mass is 9.93. The minimum atomic E-state index is -0.427. The van der Waals surface area contributed by atoms with Gasteiger partial charge in [-0.15, -0.1) is 0 Å². The number of ether oxygens (including phenoxy) is 1. The van der Waals surface area contributed by atoms with Crippen LogP contribution >= 0.6 is 0 Å². The summed E-state index contributed by atoms with van der Waals surface area (Å²) >= 11 is 0. The van der Waals surface area contributed by atoms with Gasteiger partial charge in [-0.05, 0) is 37.1 Å². The summed E-state index contributed by atoms with van der Waals surface area (Å²) in [4.78, 5) is 15.5. The number of rotatable bonds is 4. The van der Waals surface area contributed by atoms with Crippen LogP contribution in [0.5, 0.6) is 5.75 Å². The van der Waals surface area contributed by atoms with Crippen molar-refractivity contribution in [3.8, 4) is 5.75 Å². The van der Waals surface area contributed by atoms with E-state index in [1.54, 1.807) is 7.11 Å². The fraction of sp³-hybridized carbons (Fsp3) is 0.385. The van der Waals surface area contributed by atoms with Crippen molar-refractivity contribution in [1.29, 1.82) is 0 Å². The molecule has 0 fully saturated rings. The normalized spacial score (nSPS) is 18.9. The maximum Gasteiger partial charge on any atom is 0.146 e. The van der Waals surface area contributed by atoms with Crippen LogP contribution in [0.3, 0.4) is 0 Å². The first-order valence-corrected chi connectivity index (χ1v) is 5.60. The quantitative estimate of drug-likeness (QED) is 0.860. The summed E-state index contributed by atoms with van der Waals surface area (Å²) in [6.07, 6.45) is 2.45. The molecule has 0 aliphatic carbocycles. The van der Waals surface area contributed by atoms with Gasteiger partial charge in [0, 0.05) is 12.1 Å². The molecule has 1 aromatic carbocycles. The van der Waals surface area contributed by atoms with E-state index in [0.29, 0.717) is 6.42 Å². The van der Waals surface area contributed by atoms with E-state index < -0.39 is 6.04 Å². The molecular formula is C13H16N2O2. The highest BCUT2D eigenvalue weighted by atomic mass is 16.5. The van der Waals surface area contributed by atoms with Gasteiger partial charge in [-0.25, -0.2) is 0 Å². The van der Waals surface area contributed by atoms with Gasteiger partial charge in [0.25, 0.3) is 0 Å². The molecule has 2 rings (SSSR count). The summed E-state index contributed by atoms with van der Waals surface area (Å²) in [7, 11) is 1.63. The van der Waals surface area contributed by atoms with Gasteiger partial charge in [0.05, 0.1) is 18.8 Å². The van der Waals surface area contributed by atoms with E-state index in [1.807, 2.05) is 24.4 Å². The number of hydrogen-bond acceptors (Lipinski definition) is 4. The van der Waals surface area contributed by atoms with Crippen molar-refractivity contribution in [2.24, 2.45) is 10.7 Å². The zero-order valence-electron chi connectivity index (χ0n) is 10.0. The molecule has 2 atom stereocenters. The number of hydrogen-bond donors (Lipinski definition) is 1. The number of nitrogens with two attached hydrogens (primary N) is 1. The number of carbonyl (C=O) groups is 1. The Kier molecular flexibility index (Phi) is 3.24. The molecule has 0 radical (unpaired) electrons. The zero-order chi connectivity index (χ0) is 12.4. The predicted molar refractivity (Wildman–Crippen MR) is 67.2 cm³/mol. The van der Waals surface area contributed by atoms with Crippen molar-refractivity contribution < 1.29 is 9.53 Å². The SMILES string of the molecule is COc1ccc2c(c1)C(CC(N)C(C)=O)C=N2. The minimum Gasteiger partial charge on any atom is -0.497 e. The van der Waals surface area contributed by atoms with E-state index in [0.717, 1.165) is 17.0 Å². The van der Waals surface area contributed by atoms with Crippen LogP contribution in [-0.2, 0) is 4.79 Å². The lowest BCUT2D eigenvalue weighted by Crippen LogP contribution is -2.30. The van der Waals surface area contributed by atoms with E-state index in [-0.39, 0.29) is 11.7 Å². The minimum absolute atomic E-state index is 0.00902. The standard InChI is InChI=1S/C13H16N2O2/c1-8(16)12(14)5-9-7-15-13-4-3-10(17-2)6-11(9)13/h3-4,6-7,9,12H,5,14H2,1-2H3. The lowest BCUT2D eigenvalue weighted by molar-refractivity contribution is -0.118. The summed E-state index contributed by atoms with van der Waals surface area (Å²) in [5, 5.41) is 0. The van der Waals surface area contributed by atoms with Gasteiger partial charge in [0.2, 0.25) is 0 Å². The monoisotopic (exact) mass is 232 g/mol. The molecule has 17 heavy (non-hydrogen) atoms. The highest BCUT2D eigenvalue weighted by Gasteiger charge is 2.23. The van der Waals surface area contributed by atoms with Crippen LogP contribution in [-0.4, -0.2) is 25.1 Å². The van der Waals surface area contributed by atoms with Crippen LogP contribution in [0.25, 0.3) is 0 Å².